The number of aliphatic hydroxyl groups excluding tert-OH is 1. The Labute approximate surface area is 100 Å². The minimum absolute atomic E-state index is 0.0159. The Bertz CT molecular complexity index is 447. The van der Waals surface area contributed by atoms with Gasteiger partial charge >= 0.3 is 0 Å². The van der Waals surface area contributed by atoms with Gasteiger partial charge in [0, 0.05) is 12.1 Å². The second-order valence-corrected chi connectivity index (χ2v) is 4.17. The van der Waals surface area contributed by atoms with Crippen LogP contribution < -0.4 is 0 Å². The molecule has 0 bridgehead atoms. The van der Waals surface area contributed by atoms with Crippen molar-refractivity contribution in [3.05, 3.63) is 35.4 Å². The fourth-order valence-electron chi connectivity index (χ4n) is 2.15. The molecule has 0 radical (unpaired) electrons. The van der Waals surface area contributed by atoms with Gasteiger partial charge in [-0.3, -0.25) is 4.79 Å². The van der Waals surface area contributed by atoms with Crippen LogP contribution in [0.2, 0.25) is 0 Å². The minimum atomic E-state index is -0.0639. The van der Waals surface area contributed by atoms with Crippen molar-refractivity contribution in [2.45, 2.75) is 18.9 Å². The van der Waals surface area contributed by atoms with E-state index in [0.29, 0.717) is 17.7 Å². The smallest absolute Gasteiger partial charge is 0.254 e. The molecule has 17 heavy (non-hydrogen) atoms. The molecule has 0 unspecified atom stereocenters. The lowest BCUT2D eigenvalue weighted by Gasteiger charge is -2.23. The lowest BCUT2D eigenvalue weighted by atomic mass is 10.1. The molecular formula is C13H14N2O2. The average Bonchev–Trinajstić information content (AvgIpc) is 2.86. The normalized spacial score (nSPS) is 19.1. The number of hydrogen-bond donors (Lipinski definition) is 1. The van der Waals surface area contributed by atoms with Crippen LogP contribution in [0.4, 0.5) is 0 Å². The Hall–Kier alpha value is -1.86. The highest BCUT2D eigenvalue weighted by Crippen LogP contribution is 2.19. The summed E-state index contributed by atoms with van der Waals surface area (Å²) in [4.78, 5) is 13.9. The van der Waals surface area contributed by atoms with Gasteiger partial charge in [0.25, 0.3) is 5.91 Å². The Balaban J connectivity index is 2.16. The Morgan fingerprint density at radius 1 is 1.47 bits per heavy atom. The van der Waals surface area contributed by atoms with E-state index in [1.165, 1.54) is 0 Å². The summed E-state index contributed by atoms with van der Waals surface area (Å²) in [6.07, 6.45) is 1.80. The fourth-order valence-corrected chi connectivity index (χ4v) is 2.15. The van der Waals surface area contributed by atoms with Crippen LogP contribution in [0.3, 0.4) is 0 Å². The number of amides is 1. The molecule has 1 aromatic carbocycles. The molecule has 1 amide bonds. The Morgan fingerprint density at radius 3 is 2.76 bits per heavy atom. The van der Waals surface area contributed by atoms with E-state index in [-0.39, 0.29) is 18.6 Å². The molecule has 1 aromatic rings. The molecule has 0 spiro atoms. The minimum Gasteiger partial charge on any atom is -0.394 e. The van der Waals surface area contributed by atoms with E-state index in [4.69, 9.17) is 5.26 Å². The summed E-state index contributed by atoms with van der Waals surface area (Å²) in [6, 6.07) is 8.55. The maximum absolute atomic E-state index is 12.1. The molecular weight excluding hydrogens is 216 g/mol. The monoisotopic (exact) mass is 230 g/mol. The van der Waals surface area contributed by atoms with Crippen molar-refractivity contribution in [3.63, 3.8) is 0 Å². The first-order valence-electron chi connectivity index (χ1n) is 5.68. The molecule has 1 saturated heterocycles. The first-order valence-corrected chi connectivity index (χ1v) is 5.68. The van der Waals surface area contributed by atoms with Gasteiger partial charge in [-0.25, -0.2) is 0 Å². The Kier molecular flexibility index (Phi) is 3.40. The van der Waals surface area contributed by atoms with Crippen LogP contribution in [0.25, 0.3) is 0 Å². The maximum atomic E-state index is 12.1. The molecule has 1 atom stereocenters. The molecule has 4 nitrogen and oxygen atoms in total. The molecule has 2 rings (SSSR count). The van der Waals surface area contributed by atoms with Gasteiger partial charge in [-0.05, 0) is 37.1 Å². The molecule has 1 fully saturated rings. The number of carbonyl (C=O) groups is 1. The molecule has 0 aliphatic carbocycles. The van der Waals surface area contributed by atoms with Crippen LogP contribution in [-0.2, 0) is 0 Å². The van der Waals surface area contributed by atoms with Crippen LogP contribution in [0, 0.1) is 11.3 Å². The molecule has 1 aliphatic heterocycles. The standard InChI is InChI=1S/C13H14N2O2/c14-8-10-3-5-11(6-4-10)13(17)15-7-1-2-12(15)9-16/h3-6,12,16H,1-2,7,9H2/t12-/m0/s1. The van der Waals surface area contributed by atoms with E-state index in [1.54, 1.807) is 29.2 Å². The van der Waals surface area contributed by atoms with Crippen LogP contribution in [0.1, 0.15) is 28.8 Å². The van der Waals surface area contributed by atoms with E-state index in [0.717, 1.165) is 12.8 Å². The summed E-state index contributed by atoms with van der Waals surface area (Å²) in [7, 11) is 0. The van der Waals surface area contributed by atoms with Gasteiger partial charge < -0.3 is 10.0 Å². The summed E-state index contributed by atoms with van der Waals surface area (Å²) in [6.45, 7) is 0.714. The number of nitriles is 1. The summed E-state index contributed by atoms with van der Waals surface area (Å²) < 4.78 is 0. The van der Waals surface area contributed by atoms with Crippen molar-refractivity contribution in [3.8, 4) is 6.07 Å². The molecule has 0 aromatic heterocycles. The largest absolute Gasteiger partial charge is 0.394 e. The lowest BCUT2D eigenvalue weighted by Crippen LogP contribution is -2.37. The highest BCUT2D eigenvalue weighted by molar-refractivity contribution is 5.94. The third-order valence-corrected chi connectivity index (χ3v) is 3.11. The van der Waals surface area contributed by atoms with Crippen molar-refractivity contribution in [1.29, 1.82) is 5.26 Å². The number of hydrogen-bond acceptors (Lipinski definition) is 3. The van der Waals surface area contributed by atoms with Crippen LogP contribution in [-0.4, -0.2) is 35.1 Å². The summed E-state index contributed by atoms with van der Waals surface area (Å²) in [5.74, 6) is -0.0639. The van der Waals surface area contributed by atoms with Gasteiger partial charge in [0.2, 0.25) is 0 Å². The highest BCUT2D eigenvalue weighted by Gasteiger charge is 2.28. The SMILES string of the molecule is N#Cc1ccc(C(=O)N2CCC[C@H]2CO)cc1. The molecule has 4 heteroatoms. The summed E-state index contributed by atoms with van der Waals surface area (Å²) in [5, 5.41) is 17.9. The van der Waals surface area contributed by atoms with Crippen molar-refractivity contribution in [2.75, 3.05) is 13.2 Å². The number of rotatable bonds is 2. The van der Waals surface area contributed by atoms with E-state index in [1.807, 2.05) is 6.07 Å². The van der Waals surface area contributed by atoms with Crippen LogP contribution in [0.5, 0.6) is 0 Å². The van der Waals surface area contributed by atoms with Gasteiger partial charge in [0.05, 0.1) is 24.3 Å². The predicted octanol–water partition coefficient (Wildman–Crippen LogP) is 1.16. The predicted molar refractivity (Wildman–Crippen MR) is 62.3 cm³/mol. The number of carbonyl (C=O) groups excluding carboxylic acids is 1. The van der Waals surface area contributed by atoms with Gasteiger partial charge in [-0.2, -0.15) is 5.26 Å². The number of benzene rings is 1. The van der Waals surface area contributed by atoms with E-state index < -0.39 is 0 Å². The van der Waals surface area contributed by atoms with E-state index in [9.17, 15) is 9.90 Å². The summed E-state index contributed by atoms with van der Waals surface area (Å²) >= 11 is 0. The molecule has 1 N–H and O–H groups in total. The van der Waals surface area contributed by atoms with Gasteiger partial charge in [-0.15, -0.1) is 0 Å². The maximum Gasteiger partial charge on any atom is 0.254 e. The number of aliphatic hydroxyl groups is 1. The van der Waals surface area contributed by atoms with Crippen molar-refractivity contribution >= 4 is 5.91 Å². The average molecular weight is 230 g/mol. The topological polar surface area (TPSA) is 64.3 Å². The highest BCUT2D eigenvalue weighted by atomic mass is 16.3. The first kappa shape index (κ1) is 11.6. The van der Waals surface area contributed by atoms with Crippen molar-refractivity contribution in [2.24, 2.45) is 0 Å². The zero-order valence-corrected chi connectivity index (χ0v) is 9.47. The Morgan fingerprint density at radius 2 is 2.18 bits per heavy atom. The molecule has 1 heterocycles. The van der Waals surface area contributed by atoms with E-state index >= 15 is 0 Å². The number of nitrogens with zero attached hydrogens (tertiary/aromatic N) is 2. The zero-order valence-electron chi connectivity index (χ0n) is 9.47. The zero-order chi connectivity index (χ0) is 12.3. The van der Waals surface area contributed by atoms with Crippen molar-refractivity contribution < 1.29 is 9.90 Å². The third kappa shape index (κ3) is 2.29. The van der Waals surface area contributed by atoms with Gasteiger partial charge in [0.15, 0.2) is 0 Å². The van der Waals surface area contributed by atoms with Crippen LogP contribution >= 0.6 is 0 Å². The second kappa shape index (κ2) is 4.98. The molecule has 1 aliphatic rings. The van der Waals surface area contributed by atoms with E-state index in [2.05, 4.69) is 0 Å². The van der Waals surface area contributed by atoms with Gasteiger partial charge in [0.1, 0.15) is 0 Å². The van der Waals surface area contributed by atoms with Gasteiger partial charge in [-0.1, -0.05) is 0 Å². The van der Waals surface area contributed by atoms with Crippen LogP contribution in [0.15, 0.2) is 24.3 Å². The second-order valence-electron chi connectivity index (χ2n) is 4.17. The molecule has 0 saturated carbocycles. The quantitative estimate of drug-likeness (QED) is 0.829. The number of likely N-dealkylation sites (tertiary alicyclic amines) is 1. The van der Waals surface area contributed by atoms with Crippen molar-refractivity contribution in [1.82, 2.24) is 4.90 Å². The summed E-state index contributed by atoms with van der Waals surface area (Å²) in [5.41, 5.74) is 1.12. The third-order valence-electron chi connectivity index (χ3n) is 3.11. The lowest BCUT2D eigenvalue weighted by molar-refractivity contribution is 0.0677. The fraction of sp³-hybridized carbons (Fsp3) is 0.385. The molecule has 88 valence electrons. The first-order chi connectivity index (χ1) is 8.26.